The van der Waals surface area contributed by atoms with Crippen LogP contribution >= 0.6 is 0 Å². The largest absolute Gasteiger partial charge is 0.321 e. The smallest absolute Gasteiger partial charge is 0.155 e. The first-order chi connectivity index (χ1) is 7.67. The number of hydrogen-bond acceptors (Lipinski definition) is 3. The van der Waals surface area contributed by atoms with Crippen LogP contribution in [0.2, 0.25) is 0 Å². The molecule has 1 aromatic heterocycles. The van der Waals surface area contributed by atoms with Gasteiger partial charge in [-0.25, -0.2) is 0 Å². The minimum atomic E-state index is -0.454. The Kier molecular flexibility index (Phi) is 4.86. The fraction of sp³-hybridized carbons (Fsp3) is 0.385. The van der Waals surface area contributed by atoms with Gasteiger partial charge < -0.3 is 5.73 Å². The van der Waals surface area contributed by atoms with Gasteiger partial charge in [0.05, 0.1) is 12.5 Å². The van der Waals surface area contributed by atoms with Gasteiger partial charge in [0, 0.05) is 11.9 Å². The minimum Gasteiger partial charge on any atom is -0.321 e. The number of hydrogen-bond donors (Lipinski definition) is 1. The number of pyridine rings is 1. The van der Waals surface area contributed by atoms with E-state index in [9.17, 15) is 4.79 Å². The predicted octanol–water partition coefficient (Wildman–Crippen LogP) is 1.66. The van der Waals surface area contributed by atoms with Gasteiger partial charge in [0.2, 0.25) is 0 Å². The van der Waals surface area contributed by atoms with Gasteiger partial charge in [-0.2, -0.15) is 0 Å². The second kappa shape index (κ2) is 6.18. The second-order valence-electron chi connectivity index (χ2n) is 3.79. The zero-order valence-corrected chi connectivity index (χ0v) is 9.65. The number of carbonyl (C=O) groups is 1. The van der Waals surface area contributed by atoms with Crippen LogP contribution in [0.5, 0.6) is 0 Å². The van der Waals surface area contributed by atoms with E-state index in [1.54, 1.807) is 6.08 Å². The molecule has 0 fully saturated rings. The lowest BCUT2D eigenvalue weighted by atomic mass is 10.0. The van der Waals surface area contributed by atoms with Crippen molar-refractivity contribution in [3.63, 3.8) is 0 Å². The van der Waals surface area contributed by atoms with Crippen LogP contribution in [0.3, 0.4) is 0 Å². The number of nitrogens with zero attached hydrogens (tertiary/aromatic N) is 1. The van der Waals surface area contributed by atoms with Gasteiger partial charge in [-0.1, -0.05) is 19.1 Å². The van der Waals surface area contributed by atoms with Crippen molar-refractivity contribution in [1.29, 1.82) is 0 Å². The third kappa shape index (κ3) is 3.59. The first-order valence-electron chi connectivity index (χ1n) is 5.50. The molecule has 0 aliphatic carbocycles. The lowest BCUT2D eigenvalue weighted by Gasteiger charge is -2.07. The molecule has 16 heavy (non-hydrogen) atoms. The average molecular weight is 218 g/mol. The van der Waals surface area contributed by atoms with Crippen molar-refractivity contribution in [2.75, 3.05) is 0 Å². The van der Waals surface area contributed by atoms with E-state index < -0.39 is 6.04 Å². The molecule has 1 aromatic rings. The Balaban J connectivity index is 2.58. The molecule has 1 rings (SSSR count). The van der Waals surface area contributed by atoms with E-state index in [-0.39, 0.29) is 5.78 Å². The van der Waals surface area contributed by atoms with Gasteiger partial charge in [0.25, 0.3) is 0 Å². The first-order valence-corrected chi connectivity index (χ1v) is 5.50. The van der Waals surface area contributed by atoms with Gasteiger partial charge in [0.1, 0.15) is 0 Å². The summed E-state index contributed by atoms with van der Waals surface area (Å²) in [6.45, 7) is 5.64. The molecule has 1 atom stereocenters. The van der Waals surface area contributed by atoms with Crippen LogP contribution in [0.15, 0.2) is 31.0 Å². The van der Waals surface area contributed by atoms with E-state index in [1.165, 1.54) is 5.56 Å². The van der Waals surface area contributed by atoms with E-state index in [4.69, 9.17) is 5.73 Å². The van der Waals surface area contributed by atoms with Crippen LogP contribution in [0, 0.1) is 0 Å². The third-order valence-corrected chi connectivity index (χ3v) is 2.48. The Labute approximate surface area is 96.4 Å². The van der Waals surface area contributed by atoms with Crippen molar-refractivity contribution in [2.24, 2.45) is 5.73 Å². The van der Waals surface area contributed by atoms with E-state index in [0.717, 1.165) is 12.1 Å². The highest BCUT2D eigenvalue weighted by Gasteiger charge is 2.12. The zero-order chi connectivity index (χ0) is 12.0. The Morgan fingerprint density at radius 1 is 1.62 bits per heavy atom. The van der Waals surface area contributed by atoms with Crippen molar-refractivity contribution >= 4 is 5.78 Å². The summed E-state index contributed by atoms with van der Waals surface area (Å²) < 4.78 is 0. The maximum Gasteiger partial charge on any atom is 0.155 e. The maximum atomic E-state index is 11.6. The molecule has 0 amide bonds. The number of ketones is 1. The maximum absolute atomic E-state index is 11.6. The molecule has 2 N–H and O–H groups in total. The van der Waals surface area contributed by atoms with Crippen LogP contribution in [0.1, 0.15) is 24.6 Å². The summed E-state index contributed by atoms with van der Waals surface area (Å²) >= 11 is 0. The van der Waals surface area contributed by atoms with Crippen LogP contribution in [-0.4, -0.2) is 16.8 Å². The summed E-state index contributed by atoms with van der Waals surface area (Å²) in [5.74, 6) is 0.0108. The number of aryl methyl sites for hydroxylation is 1. The van der Waals surface area contributed by atoms with E-state index in [0.29, 0.717) is 12.8 Å². The number of nitrogens with two attached hydrogens (primary N) is 1. The molecular formula is C13H18N2O. The summed E-state index contributed by atoms with van der Waals surface area (Å²) in [6.07, 6.45) is 5.25. The van der Waals surface area contributed by atoms with Gasteiger partial charge in [-0.15, -0.1) is 6.58 Å². The fourth-order valence-corrected chi connectivity index (χ4v) is 1.39. The highest BCUT2D eigenvalue weighted by molar-refractivity contribution is 5.85. The molecule has 3 heteroatoms. The van der Waals surface area contributed by atoms with Crippen molar-refractivity contribution in [2.45, 2.75) is 32.2 Å². The van der Waals surface area contributed by atoms with Gasteiger partial charge >= 0.3 is 0 Å². The molecular weight excluding hydrogens is 200 g/mol. The molecule has 0 spiro atoms. The lowest BCUT2D eigenvalue weighted by molar-refractivity contribution is -0.119. The lowest BCUT2D eigenvalue weighted by Crippen LogP contribution is -2.31. The topological polar surface area (TPSA) is 56.0 Å². The molecule has 0 radical (unpaired) electrons. The molecule has 1 unspecified atom stereocenters. The Bertz CT molecular complexity index is 357. The summed E-state index contributed by atoms with van der Waals surface area (Å²) in [7, 11) is 0. The molecule has 0 saturated carbocycles. The Morgan fingerprint density at radius 3 is 2.88 bits per heavy atom. The first kappa shape index (κ1) is 12.6. The predicted molar refractivity (Wildman–Crippen MR) is 65.1 cm³/mol. The quantitative estimate of drug-likeness (QED) is 0.739. The molecule has 0 aliphatic rings. The number of carbonyl (C=O) groups excluding carboxylic acids is 1. The molecule has 0 aromatic carbocycles. The van der Waals surface area contributed by atoms with Crippen molar-refractivity contribution in [3.05, 3.63) is 42.2 Å². The third-order valence-electron chi connectivity index (χ3n) is 2.48. The number of rotatable bonds is 6. The summed E-state index contributed by atoms with van der Waals surface area (Å²) in [4.78, 5) is 15.9. The highest BCUT2D eigenvalue weighted by atomic mass is 16.1. The monoisotopic (exact) mass is 218 g/mol. The summed E-state index contributed by atoms with van der Waals surface area (Å²) in [5.41, 5.74) is 7.64. The molecule has 3 nitrogen and oxygen atoms in total. The standard InChI is InChI=1S/C13H18N2O/c1-3-5-12(14)13(16)8-11-7-6-10(4-2)9-15-11/h3,6-7,9,12H,1,4-5,8,14H2,2H3. The zero-order valence-electron chi connectivity index (χ0n) is 9.65. The SMILES string of the molecule is C=CCC(N)C(=O)Cc1ccc(CC)cn1. The van der Waals surface area contributed by atoms with E-state index in [1.807, 2.05) is 18.3 Å². The van der Waals surface area contributed by atoms with Crippen molar-refractivity contribution in [3.8, 4) is 0 Å². The highest BCUT2D eigenvalue weighted by Crippen LogP contribution is 2.04. The van der Waals surface area contributed by atoms with Crippen LogP contribution in [-0.2, 0) is 17.6 Å². The Hall–Kier alpha value is -1.48. The molecule has 0 aliphatic heterocycles. The number of Topliss-reactive ketones (excluding diaryl/α,β-unsaturated/α-hetero) is 1. The summed E-state index contributed by atoms with van der Waals surface area (Å²) in [6, 6.07) is 3.43. The van der Waals surface area contributed by atoms with E-state index in [2.05, 4.69) is 18.5 Å². The molecule has 86 valence electrons. The number of aromatic nitrogens is 1. The average Bonchev–Trinajstić information content (AvgIpc) is 2.30. The van der Waals surface area contributed by atoms with Gasteiger partial charge in [-0.05, 0) is 24.5 Å². The molecule has 0 saturated heterocycles. The van der Waals surface area contributed by atoms with Crippen molar-refractivity contribution in [1.82, 2.24) is 4.98 Å². The van der Waals surface area contributed by atoms with Crippen LogP contribution < -0.4 is 5.73 Å². The van der Waals surface area contributed by atoms with E-state index >= 15 is 0 Å². The molecule has 0 bridgehead atoms. The molecule has 1 heterocycles. The Morgan fingerprint density at radius 2 is 2.38 bits per heavy atom. The summed E-state index contributed by atoms with van der Waals surface area (Å²) in [5, 5.41) is 0. The van der Waals surface area contributed by atoms with Gasteiger partial charge in [0.15, 0.2) is 5.78 Å². The van der Waals surface area contributed by atoms with Crippen molar-refractivity contribution < 1.29 is 4.79 Å². The van der Waals surface area contributed by atoms with Crippen LogP contribution in [0.4, 0.5) is 0 Å². The van der Waals surface area contributed by atoms with Crippen LogP contribution in [0.25, 0.3) is 0 Å². The normalized spacial score (nSPS) is 12.1. The second-order valence-corrected chi connectivity index (χ2v) is 3.79. The van der Waals surface area contributed by atoms with Gasteiger partial charge in [-0.3, -0.25) is 9.78 Å². The minimum absolute atomic E-state index is 0.0108. The fourth-order valence-electron chi connectivity index (χ4n) is 1.39.